The van der Waals surface area contributed by atoms with Crippen LogP contribution in [-0.4, -0.2) is 90.3 Å². The van der Waals surface area contributed by atoms with Gasteiger partial charge in [0.25, 0.3) is 5.91 Å². The smallest absolute Gasteiger partial charge is 0.408 e. The number of carbonyl (C=O) groups is 4. The lowest BCUT2D eigenvalue weighted by Crippen LogP contribution is -2.59. The van der Waals surface area contributed by atoms with Crippen LogP contribution in [0.25, 0.3) is 10.8 Å². The van der Waals surface area contributed by atoms with E-state index >= 15 is 0 Å². The van der Waals surface area contributed by atoms with Crippen LogP contribution >= 0.6 is 0 Å². The average Bonchev–Trinajstić information content (AvgIpc) is 4.02. The maximum Gasteiger partial charge on any atom is 0.408 e. The minimum atomic E-state index is -3.87. The van der Waals surface area contributed by atoms with E-state index in [1.165, 1.54) is 12.0 Å². The number of alkyl carbamates (subject to hydrolysis) is 1. The minimum Gasteiger partial charge on any atom is -0.481 e. The highest BCUT2D eigenvalue weighted by molar-refractivity contribution is 7.91. The molecule has 4 amide bonds. The van der Waals surface area contributed by atoms with Crippen molar-refractivity contribution in [3.8, 4) is 11.8 Å². The molecule has 0 radical (unpaired) electrons. The van der Waals surface area contributed by atoms with E-state index in [0.717, 1.165) is 18.2 Å². The fraction of sp³-hybridized carbons (Fsp3) is 0.667. The molecule has 15 heteroatoms. The SMILES string of the molecule is CCC[C@@H](C)C[C@@H](CC)[C@H](NC(=O)OC(C)(C)C)C(=O)N1C[C@H](Oc2nc(OC)cc3ccccc23)C[C@H]1C(=O)N[C@]1(C(=O)NS(=O)(=O)C2CC2)C[C@H]1C. The molecule has 298 valence electrons. The number of carbonyl (C=O) groups excluding carboxylic acids is 4. The second kappa shape index (κ2) is 16.3. The van der Waals surface area contributed by atoms with Gasteiger partial charge in [-0.15, -0.1) is 0 Å². The highest BCUT2D eigenvalue weighted by atomic mass is 32.2. The quantitative estimate of drug-likeness (QED) is 0.214. The van der Waals surface area contributed by atoms with Gasteiger partial charge in [-0.3, -0.25) is 19.1 Å². The molecule has 5 rings (SSSR count). The molecule has 2 aromatic rings. The number of nitrogens with zero attached hydrogens (tertiary/aromatic N) is 2. The number of methoxy groups -OCH3 is 1. The Morgan fingerprint density at radius 1 is 1.11 bits per heavy atom. The summed E-state index contributed by atoms with van der Waals surface area (Å²) in [7, 11) is -2.37. The lowest BCUT2D eigenvalue weighted by Gasteiger charge is -2.34. The molecule has 1 aromatic carbocycles. The molecule has 2 heterocycles. The van der Waals surface area contributed by atoms with Crippen LogP contribution < -0.4 is 24.8 Å². The second-order valence-electron chi connectivity index (χ2n) is 16.3. The summed E-state index contributed by atoms with van der Waals surface area (Å²) in [6.45, 7) is 13.1. The van der Waals surface area contributed by atoms with Crippen LogP contribution in [0.2, 0.25) is 0 Å². The molecule has 0 unspecified atom stereocenters. The van der Waals surface area contributed by atoms with Gasteiger partial charge in [0, 0.05) is 17.9 Å². The van der Waals surface area contributed by atoms with Crippen molar-refractivity contribution in [2.45, 2.75) is 134 Å². The summed E-state index contributed by atoms with van der Waals surface area (Å²) >= 11 is 0. The third kappa shape index (κ3) is 9.56. The number of rotatable bonds is 16. The zero-order valence-electron chi connectivity index (χ0n) is 32.8. The van der Waals surface area contributed by atoms with E-state index in [2.05, 4.69) is 34.2 Å². The molecule has 0 spiro atoms. The van der Waals surface area contributed by atoms with E-state index in [0.29, 0.717) is 36.9 Å². The number of hydrogen-bond acceptors (Lipinski definition) is 10. The van der Waals surface area contributed by atoms with Gasteiger partial charge >= 0.3 is 6.09 Å². The summed E-state index contributed by atoms with van der Waals surface area (Å²) in [6.07, 6.45) is 2.89. The lowest BCUT2D eigenvalue weighted by molar-refractivity contribution is -0.142. The molecule has 3 N–H and O–H groups in total. The number of benzene rings is 1. The van der Waals surface area contributed by atoms with Crippen molar-refractivity contribution in [1.82, 2.24) is 25.2 Å². The molecule has 1 saturated heterocycles. The van der Waals surface area contributed by atoms with Crippen LogP contribution in [0.3, 0.4) is 0 Å². The van der Waals surface area contributed by atoms with Crippen molar-refractivity contribution >= 4 is 44.6 Å². The molecule has 3 aliphatic rings. The summed E-state index contributed by atoms with van der Waals surface area (Å²) in [5.74, 6) is -1.66. The average molecular weight is 772 g/mol. The van der Waals surface area contributed by atoms with Crippen LogP contribution in [0.1, 0.15) is 99.8 Å². The largest absolute Gasteiger partial charge is 0.481 e. The monoisotopic (exact) mass is 771 g/mol. The van der Waals surface area contributed by atoms with Crippen LogP contribution in [0, 0.1) is 17.8 Å². The molecular formula is C39H57N5O9S. The summed E-state index contributed by atoms with van der Waals surface area (Å²) < 4.78 is 45.1. The van der Waals surface area contributed by atoms with Gasteiger partial charge in [0.2, 0.25) is 33.6 Å². The summed E-state index contributed by atoms with van der Waals surface area (Å²) in [4.78, 5) is 62.0. The topological polar surface area (TPSA) is 182 Å². The molecule has 54 heavy (non-hydrogen) atoms. The van der Waals surface area contributed by atoms with Gasteiger partial charge in [0.15, 0.2) is 0 Å². The number of ether oxygens (including phenoxy) is 3. The first kappa shape index (κ1) is 41.0. The zero-order chi connectivity index (χ0) is 39.6. The predicted molar refractivity (Wildman–Crippen MR) is 203 cm³/mol. The van der Waals surface area contributed by atoms with E-state index in [1.807, 2.05) is 31.2 Å². The number of hydrogen-bond donors (Lipinski definition) is 3. The standard InChI is InChI=1S/C39H57N5O9S/c1-9-13-23(3)18-25(10-2)32(41-37(48)53-38(5,6)7)35(46)44-22-27(52-34-29-15-12-11-14-26(29)19-31(40-34)51-8)20-30(44)33(45)42-39(21-24(39)4)36(47)43-54(49,50)28-16-17-28/h11-12,14-15,19,23-25,27-28,30,32H,9-10,13,16-18,20-22H2,1-8H3,(H,41,48)(H,42,45)(H,43,47)/t23-,24-,25-,27-,30+,32+,39-/m1/s1. The van der Waals surface area contributed by atoms with Gasteiger partial charge < -0.3 is 29.7 Å². The Morgan fingerprint density at radius 3 is 2.39 bits per heavy atom. The molecule has 1 aliphatic heterocycles. The van der Waals surface area contributed by atoms with Crippen LogP contribution in [0.4, 0.5) is 4.79 Å². The number of pyridine rings is 1. The van der Waals surface area contributed by atoms with Crippen LogP contribution in [0.5, 0.6) is 11.8 Å². The maximum absolute atomic E-state index is 14.9. The molecular weight excluding hydrogens is 715 g/mol. The Morgan fingerprint density at radius 2 is 1.80 bits per heavy atom. The van der Waals surface area contributed by atoms with E-state index in [1.54, 1.807) is 33.8 Å². The van der Waals surface area contributed by atoms with E-state index < -0.39 is 68.4 Å². The number of likely N-dealkylation sites (tertiary alicyclic amines) is 1. The molecule has 14 nitrogen and oxygen atoms in total. The highest BCUT2D eigenvalue weighted by Gasteiger charge is 2.61. The van der Waals surface area contributed by atoms with Crippen molar-refractivity contribution in [2.75, 3.05) is 13.7 Å². The third-order valence-corrected chi connectivity index (χ3v) is 12.5. The van der Waals surface area contributed by atoms with Gasteiger partial charge in [-0.1, -0.05) is 65.2 Å². The van der Waals surface area contributed by atoms with E-state index in [9.17, 15) is 27.6 Å². The Balaban J connectivity index is 1.48. The van der Waals surface area contributed by atoms with Crippen LogP contribution in [0.15, 0.2) is 30.3 Å². The maximum atomic E-state index is 14.9. The minimum absolute atomic E-state index is 0.0254. The third-order valence-electron chi connectivity index (χ3n) is 10.7. The van der Waals surface area contributed by atoms with Crippen molar-refractivity contribution in [2.24, 2.45) is 17.8 Å². The Kier molecular flexibility index (Phi) is 12.4. The summed E-state index contributed by atoms with van der Waals surface area (Å²) in [5, 5.41) is 6.62. The normalized spacial score (nSPS) is 24.2. The lowest BCUT2D eigenvalue weighted by atomic mass is 9.85. The first-order chi connectivity index (χ1) is 25.4. The molecule has 0 bridgehead atoms. The van der Waals surface area contributed by atoms with E-state index in [4.69, 9.17) is 14.2 Å². The van der Waals surface area contributed by atoms with Crippen molar-refractivity contribution in [1.29, 1.82) is 0 Å². The second-order valence-corrected chi connectivity index (χ2v) is 18.3. The first-order valence-electron chi connectivity index (χ1n) is 19.2. The molecule has 2 aliphatic carbocycles. The van der Waals surface area contributed by atoms with Crippen molar-refractivity contribution < 1.29 is 41.8 Å². The molecule has 3 fully saturated rings. The number of sulfonamides is 1. The Labute approximate surface area is 318 Å². The molecule has 2 saturated carbocycles. The van der Waals surface area contributed by atoms with Crippen LogP contribution in [-0.2, 0) is 29.1 Å². The number of amides is 4. The molecule has 1 aromatic heterocycles. The van der Waals surface area contributed by atoms with Gasteiger partial charge in [-0.05, 0) is 75.7 Å². The first-order valence-corrected chi connectivity index (χ1v) is 20.7. The number of fused-ring (bicyclic) bond motifs is 1. The fourth-order valence-electron chi connectivity index (χ4n) is 7.49. The van der Waals surface area contributed by atoms with Gasteiger partial charge in [-0.25, -0.2) is 13.2 Å². The Bertz CT molecular complexity index is 1830. The van der Waals surface area contributed by atoms with Gasteiger partial charge in [-0.2, -0.15) is 4.98 Å². The fourth-order valence-corrected chi connectivity index (χ4v) is 8.85. The van der Waals surface area contributed by atoms with Crippen molar-refractivity contribution in [3.63, 3.8) is 0 Å². The number of aromatic nitrogens is 1. The molecule has 7 atom stereocenters. The van der Waals surface area contributed by atoms with E-state index in [-0.39, 0.29) is 43.0 Å². The Hall–Kier alpha value is -4.14. The van der Waals surface area contributed by atoms with Crippen molar-refractivity contribution in [3.05, 3.63) is 30.3 Å². The van der Waals surface area contributed by atoms with Gasteiger partial charge in [0.05, 0.1) is 18.9 Å². The highest BCUT2D eigenvalue weighted by Crippen LogP contribution is 2.44. The summed E-state index contributed by atoms with van der Waals surface area (Å²) in [5.41, 5.74) is -2.27. The van der Waals surface area contributed by atoms with Gasteiger partial charge in [0.1, 0.15) is 29.3 Å². The number of nitrogens with one attached hydrogen (secondary N) is 3. The predicted octanol–water partition coefficient (Wildman–Crippen LogP) is 4.84. The zero-order valence-corrected chi connectivity index (χ0v) is 33.6. The summed E-state index contributed by atoms with van der Waals surface area (Å²) in [6, 6.07) is 7.12.